The minimum atomic E-state index is 0.874. The molecule has 17 heavy (non-hydrogen) atoms. The molecule has 0 unspecified atom stereocenters. The van der Waals surface area contributed by atoms with Crippen molar-refractivity contribution in [2.24, 2.45) is 0 Å². The number of nitrogens with zero attached hydrogens (tertiary/aromatic N) is 3. The molecule has 0 saturated heterocycles. The molecule has 0 amide bonds. The molecule has 0 bridgehead atoms. The molecule has 90 valence electrons. The summed E-state index contributed by atoms with van der Waals surface area (Å²) in [5.41, 5.74) is 2.34. The van der Waals surface area contributed by atoms with Gasteiger partial charge in [-0.2, -0.15) is 5.10 Å². The molecule has 2 rings (SSSR count). The zero-order chi connectivity index (χ0) is 12.1. The summed E-state index contributed by atoms with van der Waals surface area (Å²) in [4.78, 5) is 2.10. The Bertz CT molecular complexity index is 448. The molecule has 1 aromatic heterocycles. The van der Waals surface area contributed by atoms with Gasteiger partial charge in [-0.1, -0.05) is 6.07 Å². The van der Waals surface area contributed by atoms with Crippen molar-refractivity contribution in [1.82, 2.24) is 9.78 Å². The van der Waals surface area contributed by atoms with Gasteiger partial charge in [-0.25, -0.2) is 0 Å². The number of hydrogen-bond acceptors (Lipinski definition) is 3. The van der Waals surface area contributed by atoms with E-state index in [1.165, 1.54) is 5.69 Å². The lowest BCUT2D eigenvalue weighted by Crippen LogP contribution is -2.12. The van der Waals surface area contributed by atoms with Gasteiger partial charge < -0.3 is 10.2 Å². The summed E-state index contributed by atoms with van der Waals surface area (Å²) in [5, 5.41) is 7.55. The second kappa shape index (κ2) is 5.39. The average molecular weight is 230 g/mol. The lowest BCUT2D eigenvalue weighted by Gasteiger charge is -2.14. The van der Waals surface area contributed by atoms with Crippen LogP contribution in [0, 0.1) is 0 Å². The average Bonchev–Trinajstić information content (AvgIpc) is 2.82. The Morgan fingerprint density at radius 1 is 1.29 bits per heavy atom. The molecular formula is C13H18N4. The molecular weight excluding hydrogens is 212 g/mol. The van der Waals surface area contributed by atoms with Crippen LogP contribution in [-0.2, 0) is 6.54 Å². The monoisotopic (exact) mass is 230 g/mol. The Morgan fingerprint density at radius 2 is 2.18 bits per heavy atom. The molecule has 0 fully saturated rings. The number of nitrogens with one attached hydrogen (secondary N) is 1. The highest BCUT2D eigenvalue weighted by Crippen LogP contribution is 2.16. The molecule has 2 aromatic rings. The van der Waals surface area contributed by atoms with E-state index in [2.05, 4.69) is 39.6 Å². The molecule has 0 radical (unpaired) electrons. The van der Waals surface area contributed by atoms with Crippen LogP contribution in [0.15, 0.2) is 42.7 Å². The van der Waals surface area contributed by atoms with E-state index < -0.39 is 0 Å². The van der Waals surface area contributed by atoms with Crippen molar-refractivity contribution < 1.29 is 0 Å². The van der Waals surface area contributed by atoms with E-state index in [9.17, 15) is 0 Å². The van der Waals surface area contributed by atoms with E-state index in [0.29, 0.717) is 0 Å². The fourth-order valence-corrected chi connectivity index (χ4v) is 1.64. The van der Waals surface area contributed by atoms with Gasteiger partial charge in [-0.15, -0.1) is 0 Å². The third-order valence-corrected chi connectivity index (χ3v) is 2.59. The van der Waals surface area contributed by atoms with Crippen molar-refractivity contribution in [3.8, 4) is 0 Å². The Labute approximate surface area is 102 Å². The molecule has 0 aliphatic rings. The molecule has 0 saturated carbocycles. The van der Waals surface area contributed by atoms with Crippen LogP contribution in [0.25, 0.3) is 0 Å². The van der Waals surface area contributed by atoms with Gasteiger partial charge >= 0.3 is 0 Å². The molecule has 1 aromatic carbocycles. The maximum Gasteiger partial charge on any atom is 0.0582 e. The van der Waals surface area contributed by atoms with Crippen LogP contribution in [-0.4, -0.2) is 30.4 Å². The van der Waals surface area contributed by atoms with Crippen molar-refractivity contribution in [2.75, 3.05) is 30.9 Å². The van der Waals surface area contributed by atoms with E-state index in [1.54, 1.807) is 6.20 Å². The summed E-state index contributed by atoms with van der Waals surface area (Å²) in [6.45, 7) is 1.75. The first kappa shape index (κ1) is 11.5. The summed E-state index contributed by atoms with van der Waals surface area (Å²) in [7, 11) is 4.09. The molecule has 4 heteroatoms. The standard InChI is InChI=1S/C13H18N4/c1-16(2)13-6-3-5-12(11-13)14-8-10-17-9-4-7-15-17/h3-7,9,11,14H,8,10H2,1-2H3. The highest BCUT2D eigenvalue weighted by molar-refractivity contribution is 5.57. The summed E-state index contributed by atoms with van der Waals surface area (Å²) in [6, 6.07) is 10.3. The lowest BCUT2D eigenvalue weighted by atomic mass is 10.2. The Hall–Kier alpha value is -1.97. The van der Waals surface area contributed by atoms with Crippen molar-refractivity contribution in [2.45, 2.75) is 6.54 Å². The molecule has 4 nitrogen and oxygen atoms in total. The van der Waals surface area contributed by atoms with Crippen LogP contribution < -0.4 is 10.2 Å². The van der Waals surface area contributed by atoms with Gasteiger partial charge in [-0.05, 0) is 24.3 Å². The van der Waals surface area contributed by atoms with E-state index >= 15 is 0 Å². The van der Waals surface area contributed by atoms with E-state index in [1.807, 2.05) is 31.0 Å². The van der Waals surface area contributed by atoms with Crippen LogP contribution in [0.1, 0.15) is 0 Å². The summed E-state index contributed by atoms with van der Waals surface area (Å²) in [6.07, 6.45) is 3.77. The fraction of sp³-hybridized carbons (Fsp3) is 0.308. The van der Waals surface area contributed by atoms with Gasteiger partial charge in [0.25, 0.3) is 0 Å². The minimum Gasteiger partial charge on any atom is -0.383 e. The van der Waals surface area contributed by atoms with Crippen molar-refractivity contribution in [3.63, 3.8) is 0 Å². The molecule has 0 atom stereocenters. The number of rotatable bonds is 5. The van der Waals surface area contributed by atoms with E-state index in [4.69, 9.17) is 0 Å². The van der Waals surface area contributed by atoms with Crippen molar-refractivity contribution in [1.29, 1.82) is 0 Å². The van der Waals surface area contributed by atoms with Gasteiger partial charge in [0.05, 0.1) is 6.54 Å². The normalized spacial score (nSPS) is 10.2. The van der Waals surface area contributed by atoms with Gasteiger partial charge in [0.1, 0.15) is 0 Å². The lowest BCUT2D eigenvalue weighted by molar-refractivity contribution is 0.638. The highest BCUT2D eigenvalue weighted by Gasteiger charge is 1.97. The third kappa shape index (κ3) is 3.24. The second-order valence-corrected chi connectivity index (χ2v) is 4.14. The first-order chi connectivity index (χ1) is 8.25. The number of aromatic nitrogens is 2. The van der Waals surface area contributed by atoms with Crippen LogP contribution in [0.5, 0.6) is 0 Å². The second-order valence-electron chi connectivity index (χ2n) is 4.14. The molecule has 1 N–H and O–H groups in total. The molecule has 1 heterocycles. The smallest absolute Gasteiger partial charge is 0.0582 e. The zero-order valence-electron chi connectivity index (χ0n) is 10.3. The fourth-order valence-electron chi connectivity index (χ4n) is 1.64. The maximum atomic E-state index is 4.16. The molecule has 0 aliphatic heterocycles. The molecule has 0 spiro atoms. The minimum absolute atomic E-state index is 0.874. The number of hydrogen-bond donors (Lipinski definition) is 1. The third-order valence-electron chi connectivity index (χ3n) is 2.59. The van der Waals surface area contributed by atoms with Crippen LogP contribution in [0.4, 0.5) is 11.4 Å². The van der Waals surface area contributed by atoms with Gasteiger partial charge in [0.15, 0.2) is 0 Å². The van der Waals surface area contributed by atoms with Crippen LogP contribution in [0.2, 0.25) is 0 Å². The SMILES string of the molecule is CN(C)c1cccc(NCCn2cccn2)c1. The zero-order valence-corrected chi connectivity index (χ0v) is 10.3. The van der Waals surface area contributed by atoms with Crippen molar-refractivity contribution in [3.05, 3.63) is 42.7 Å². The van der Waals surface area contributed by atoms with Crippen LogP contribution >= 0.6 is 0 Å². The highest BCUT2D eigenvalue weighted by atomic mass is 15.3. The predicted molar refractivity (Wildman–Crippen MR) is 71.5 cm³/mol. The van der Waals surface area contributed by atoms with Crippen LogP contribution in [0.3, 0.4) is 0 Å². The Balaban J connectivity index is 1.88. The van der Waals surface area contributed by atoms with E-state index in [0.717, 1.165) is 18.8 Å². The molecule has 0 aliphatic carbocycles. The summed E-state index contributed by atoms with van der Waals surface area (Å²) < 4.78 is 1.92. The first-order valence-corrected chi connectivity index (χ1v) is 5.74. The predicted octanol–water partition coefficient (Wildman–Crippen LogP) is 2.06. The first-order valence-electron chi connectivity index (χ1n) is 5.74. The topological polar surface area (TPSA) is 33.1 Å². The van der Waals surface area contributed by atoms with Gasteiger partial charge in [0, 0.05) is 44.4 Å². The van der Waals surface area contributed by atoms with Gasteiger partial charge in [0.2, 0.25) is 0 Å². The van der Waals surface area contributed by atoms with E-state index in [-0.39, 0.29) is 0 Å². The van der Waals surface area contributed by atoms with Crippen molar-refractivity contribution >= 4 is 11.4 Å². The number of benzene rings is 1. The summed E-state index contributed by atoms with van der Waals surface area (Å²) >= 11 is 0. The largest absolute Gasteiger partial charge is 0.383 e. The summed E-state index contributed by atoms with van der Waals surface area (Å²) in [5.74, 6) is 0. The maximum absolute atomic E-state index is 4.16. The quantitative estimate of drug-likeness (QED) is 0.853. The Morgan fingerprint density at radius 3 is 2.88 bits per heavy atom. The Kier molecular flexibility index (Phi) is 3.65. The number of anilines is 2. The van der Waals surface area contributed by atoms with Gasteiger partial charge in [-0.3, -0.25) is 4.68 Å².